The second kappa shape index (κ2) is 7.55. The van der Waals surface area contributed by atoms with Crippen LogP contribution in [0.5, 0.6) is 11.5 Å². The third-order valence-corrected chi connectivity index (χ3v) is 4.93. The van der Waals surface area contributed by atoms with Gasteiger partial charge >= 0.3 is 0 Å². The number of methoxy groups -OCH3 is 1. The maximum Gasteiger partial charge on any atom is 0.264 e. The number of fused-ring (bicyclic) bond motifs is 1. The maximum atomic E-state index is 12.0. The Morgan fingerprint density at radius 1 is 1.21 bits per heavy atom. The van der Waals surface area contributed by atoms with Gasteiger partial charge in [-0.05, 0) is 48.7 Å². The Bertz CT molecular complexity index is 847. The first-order valence-corrected chi connectivity index (χ1v) is 9.23. The Morgan fingerprint density at radius 2 is 1.96 bits per heavy atom. The van der Waals surface area contributed by atoms with Gasteiger partial charge in [0.25, 0.3) is 5.91 Å². The predicted octanol–water partition coefficient (Wildman–Crippen LogP) is 4.04. The first-order valence-electron chi connectivity index (χ1n) is 7.19. The zero-order valence-corrected chi connectivity index (χ0v) is 14.9. The average molecular weight is 360 g/mol. The molecular formula is C17H16N2O3S2. The van der Waals surface area contributed by atoms with Crippen LogP contribution in [0.1, 0.15) is 0 Å². The molecule has 0 spiro atoms. The number of hydrogen-bond donors (Lipinski definition) is 1. The molecule has 2 aromatic carbocycles. The number of aromatic nitrogens is 1. The SMILES string of the molecule is COc1ccc(OCC(=O)Nc2nc3ccc(SC)cc3s2)cc1. The minimum Gasteiger partial charge on any atom is -0.497 e. The van der Waals surface area contributed by atoms with Crippen LogP contribution < -0.4 is 14.8 Å². The molecule has 0 saturated carbocycles. The molecular weight excluding hydrogens is 344 g/mol. The van der Waals surface area contributed by atoms with Crippen LogP contribution in [0.2, 0.25) is 0 Å². The lowest BCUT2D eigenvalue weighted by molar-refractivity contribution is -0.118. The molecule has 0 saturated heterocycles. The van der Waals surface area contributed by atoms with Crippen molar-refractivity contribution in [3.63, 3.8) is 0 Å². The number of benzene rings is 2. The number of nitrogens with one attached hydrogen (secondary N) is 1. The summed E-state index contributed by atoms with van der Waals surface area (Å²) in [5, 5.41) is 3.35. The summed E-state index contributed by atoms with van der Waals surface area (Å²) in [5.74, 6) is 1.11. The molecule has 0 atom stereocenters. The molecule has 0 fully saturated rings. The Labute approximate surface area is 148 Å². The van der Waals surface area contributed by atoms with E-state index >= 15 is 0 Å². The van der Waals surface area contributed by atoms with Crippen molar-refractivity contribution in [2.75, 3.05) is 25.3 Å². The summed E-state index contributed by atoms with van der Waals surface area (Å²) < 4.78 is 11.6. The highest BCUT2D eigenvalue weighted by Gasteiger charge is 2.09. The lowest BCUT2D eigenvalue weighted by Crippen LogP contribution is -2.19. The van der Waals surface area contributed by atoms with Gasteiger partial charge in [0.2, 0.25) is 0 Å². The van der Waals surface area contributed by atoms with Gasteiger partial charge < -0.3 is 9.47 Å². The largest absolute Gasteiger partial charge is 0.497 e. The van der Waals surface area contributed by atoms with E-state index in [0.717, 1.165) is 16.0 Å². The summed E-state index contributed by atoms with van der Waals surface area (Å²) in [6.45, 7) is -0.0711. The summed E-state index contributed by atoms with van der Waals surface area (Å²) in [6.07, 6.45) is 2.03. The van der Waals surface area contributed by atoms with Gasteiger partial charge in [0.15, 0.2) is 11.7 Å². The van der Waals surface area contributed by atoms with Gasteiger partial charge in [0, 0.05) is 4.90 Å². The fraction of sp³-hybridized carbons (Fsp3) is 0.176. The van der Waals surface area contributed by atoms with Crippen LogP contribution in [0.15, 0.2) is 47.4 Å². The molecule has 7 heteroatoms. The van der Waals surface area contributed by atoms with Crippen LogP contribution in [0.25, 0.3) is 10.2 Å². The highest BCUT2D eigenvalue weighted by atomic mass is 32.2. The van der Waals surface area contributed by atoms with Crippen molar-refractivity contribution in [2.45, 2.75) is 4.90 Å². The molecule has 3 rings (SSSR count). The van der Waals surface area contributed by atoms with Gasteiger partial charge in [0.05, 0.1) is 17.3 Å². The van der Waals surface area contributed by atoms with Crippen molar-refractivity contribution in [2.24, 2.45) is 0 Å². The summed E-state index contributed by atoms with van der Waals surface area (Å²) in [6, 6.07) is 13.1. The first kappa shape index (κ1) is 16.6. The molecule has 124 valence electrons. The zero-order valence-electron chi connectivity index (χ0n) is 13.2. The lowest BCUT2D eigenvalue weighted by Gasteiger charge is -2.06. The molecule has 3 aromatic rings. The number of carbonyl (C=O) groups excluding carboxylic acids is 1. The molecule has 0 aliphatic rings. The van der Waals surface area contributed by atoms with Gasteiger partial charge in [-0.15, -0.1) is 11.8 Å². The normalized spacial score (nSPS) is 10.6. The molecule has 5 nitrogen and oxygen atoms in total. The number of carbonyl (C=O) groups is 1. The molecule has 0 unspecified atom stereocenters. The molecule has 0 aliphatic heterocycles. The second-order valence-corrected chi connectivity index (χ2v) is 6.78. The Hall–Kier alpha value is -2.25. The molecule has 0 radical (unpaired) electrons. The van der Waals surface area contributed by atoms with Crippen LogP contribution in [0, 0.1) is 0 Å². The molecule has 1 amide bonds. The van der Waals surface area contributed by atoms with Crippen molar-refractivity contribution >= 4 is 44.4 Å². The highest BCUT2D eigenvalue weighted by Crippen LogP contribution is 2.29. The van der Waals surface area contributed by atoms with Crippen molar-refractivity contribution in [3.05, 3.63) is 42.5 Å². The van der Waals surface area contributed by atoms with E-state index in [2.05, 4.69) is 16.4 Å². The van der Waals surface area contributed by atoms with E-state index in [1.165, 1.54) is 16.2 Å². The van der Waals surface area contributed by atoms with E-state index < -0.39 is 0 Å². The number of thiazole rings is 1. The number of nitrogens with zero attached hydrogens (tertiary/aromatic N) is 1. The fourth-order valence-corrected chi connectivity index (χ4v) is 3.50. The number of ether oxygens (including phenoxy) is 2. The summed E-state index contributed by atoms with van der Waals surface area (Å²) >= 11 is 3.13. The average Bonchev–Trinajstić information content (AvgIpc) is 3.01. The molecule has 0 aliphatic carbocycles. The number of anilines is 1. The van der Waals surface area contributed by atoms with Gasteiger partial charge in [-0.2, -0.15) is 0 Å². The van der Waals surface area contributed by atoms with Gasteiger partial charge in [0.1, 0.15) is 11.5 Å². The van der Waals surface area contributed by atoms with E-state index in [4.69, 9.17) is 9.47 Å². The van der Waals surface area contributed by atoms with E-state index in [0.29, 0.717) is 10.9 Å². The number of rotatable bonds is 6. The summed E-state index contributed by atoms with van der Waals surface area (Å²) in [4.78, 5) is 17.6. The topological polar surface area (TPSA) is 60.5 Å². The monoisotopic (exact) mass is 360 g/mol. The van der Waals surface area contributed by atoms with E-state index in [1.807, 2.05) is 18.4 Å². The molecule has 24 heavy (non-hydrogen) atoms. The van der Waals surface area contributed by atoms with Crippen molar-refractivity contribution in [3.8, 4) is 11.5 Å². The van der Waals surface area contributed by atoms with E-state index in [9.17, 15) is 4.79 Å². The number of amides is 1. The van der Waals surface area contributed by atoms with Gasteiger partial charge in [-0.25, -0.2) is 4.98 Å². The van der Waals surface area contributed by atoms with Crippen molar-refractivity contribution < 1.29 is 14.3 Å². The maximum absolute atomic E-state index is 12.0. The number of hydrogen-bond acceptors (Lipinski definition) is 6. The number of thioether (sulfide) groups is 1. The smallest absolute Gasteiger partial charge is 0.264 e. The van der Waals surface area contributed by atoms with Crippen LogP contribution in [-0.2, 0) is 4.79 Å². The van der Waals surface area contributed by atoms with E-state index in [1.54, 1.807) is 43.1 Å². The van der Waals surface area contributed by atoms with Gasteiger partial charge in [-0.3, -0.25) is 10.1 Å². The van der Waals surface area contributed by atoms with Crippen LogP contribution in [0.4, 0.5) is 5.13 Å². The van der Waals surface area contributed by atoms with Crippen LogP contribution in [-0.4, -0.2) is 30.9 Å². The third-order valence-electron chi connectivity index (χ3n) is 3.27. The summed E-state index contributed by atoms with van der Waals surface area (Å²) in [7, 11) is 1.60. The third kappa shape index (κ3) is 3.98. The Morgan fingerprint density at radius 3 is 2.67 bits per heavy atom. The standard InChI is InChI=1S/C17H16N2O3S2/c1-21-11-3-5-12(6-4-11)22-10-16(20)19-17-18-14-8-7-13(23-2)9-15(14)24-17/h3-9H,10H2,1-2H3,(H,18,19,20). The molecule has 1 heterocycles. The summed E-state index contributed by atoms with van der Waals surface area (Å²) in [5.41, 5.74) is 0.879. The van der Waals surface area contributed by atoms with Gasteiger partial charge in [-0.1, -0.05) is 11.3 Å². The fourth-order valence-electron chi connectivity index (χ4n) is 2.06. The van der Waals surface area contributed by atoms with Crippen LogP contribution >= 0.6 is 23.1 Å². The Kier molecular flexibility index (Phi) is 5.22. The molecule has 1 N–H and O–H groups in total. The minimum absolute atomic E-state index is 0.0711. The predicted molar refractivity (Wildman–Crippen MR) is 98.5 cm³/mol. The zero-order chi connectivity index (χ0) is 16.9. The van der Waals surface area contributed by atoms with Crippen LogP contribution in [0.3, 0.4) is 0 Å². The minimum atomic E-state index is -0.241. The first-order chi connectivity index (χ1) is 11.7. The molecule has 1 aromatic heterocycles. The van der Waals surface area contributed by atoms with Crippen molar-refractivity contribution in [1.29, 1.82) is 0 Å². The quantitative estimate of drug-likeness (QED) is 0.672. The van der Waals surface area contributed by atoms with Crippen molar-refractivity contribution in [1.82, 2.24) is 4.98 Å². The lowest BCUT2D eigenvalue weighted by atomic mass is 10.3. The van der Waals surface area contributed by atoms with E-state index in [-0.39, 0.29) is 12.5 Å². The second-order valence-electron chi connectivity index (χ2n) is 4.87. The molecule has 0 bridgehead atoms. The highest BCUT2D eigenvalue weighted by molar-refractivity contribution is 7.98. The Balaban J connectivity index is 1.59.